The van der Waals surface area contributed by atoms with E-state index < -0.39 is 11.7 Å². The first-order valence-corrected chi connectivity index (χ1v) is 10.1. The van der Waals surface area contributed by atoms with Gasteiger partial charge in [-0.15, -0.1) is 0 Å². The molecule has 1 aliphatic heterocycles. The van der Waals surface area contributed by atoms with Crippen LogP contribution in [0.15, 0.2) is 28.9 Å². The maximum atomic E-state index is 13.2. The lowest BCUT2D eigenvalue weighted by Crippen LogP contribution is -2.46. The number of carbonyl (C=O) groups excluding carboxylic acids is 2. The molecule has 0 radical (unpaired) electrons. The SMILES string of the molecule is CC1c2nc(-c3ccc(F)cc3)c(Br)n2CCN1C(=O)CNC(=O)OC(C)(C)C. The lowest BCUT2D eigenvalue weighted by molar-refractivity contribution is -0.133. The van der Waals surface area contributed by atoms with Gasteiger partial charge in [0.2, 0.25) is 5.91 Å². The molecular weight excluding hydrogens is 443 g/mol. The molecule has 1 atom stereocenters. The molecular formula is C20H24BrFN4O3. The molecule has 0 saturated heterocycles. The van der Waals surface area contributed by atoms with Crippen LogP contribution >= 0.6 is 15.9 Å². The number of hydrogen-bond acceptors (Lipinski definition) is 4. The second kappa shape index (κ2) is 8.14. The minimum atomic E-state index is -0.627. The van der Waals surface area contributed by atoms with Crippen molar-refractivity contribution in [2.45, 2.75) is 45.9 Å². The number of carbonyl (C=O) groups is 2. The van der Waals surface area contributed by atoms with Crippen LogP contribution in [0.4, 0.5) is 9.18 Å². The first kappa shape index (κ1) is 21.3. The van der Waals surface area contributed by atoms with Crippen LogP contribution in [0, 0.1) is 5.82 Å². The van der Waals surface area contributed by atoms with Crippen LogP contribution in [0.5, 0.6) is 0 Å². The molecule has 1 aliphatic rings. The van der Waals surface area contributed by atoms with Gasteiger partial charge in [-0.05, 0) is 67.9 Å². The van der Waals surface area contributed by atoms with Crippen molar-refractivity contribution >= 4 is 27.9 Å². The van der Waals surface area contributed by atoms with Crippen molar-refractivity contribution in [1.29, 1.82) is 0 Å². The molecule has 1 aromatic carbocycles. The Balaban J connectivity index is 1.73. The molecule has 9 heteroatoms. The molecule has 156 valence electrons. The van der Waals surface area contributed by atoms with Crippen LogP contribution in [0.25, 0.3) is 11.3 Å². The molecule has 29 heavy (non-hydrogen) atoms. The van der Waals surface area contributed by atoms with Gasteiger partial charge in [0, 0.05) is 18.7 Å². The zero-order valence-electron chi connectivity index (χ0n) is 16.8. The second-order valence-electron chi connectivity index (χ2n) is 7.89. The van der Waals surface area contributed by atoms with E-state index >= 15 is 0 Å². The predicted octanol–water partition coefficient (Wildman–Crippen LogP) is 3.88. The third kappa shape index (κ3) is 4.77. The number of alkyl carbamates (subject to hydrolysis) is 1. The number of ether oxygens (including phenoxy) is 1. The number of hydrogen-bond donors (Lipinski definition) is 1. The van der Waals surface area contributed by atoms with Crippen molar-refractivity contribution in [3.63, 3.8) is 0 Å². The van der Waals surface area contributed by atoms with Gasteiger partial charge in [0.25, 0.3) is 0 Å². The zero-order chi connectivity index (χ0) is 21.3. The van der Waals surface area contributed by atoms with Gasteiger partial charge >= 0.3 is 6.09 Å². The molecule has 2 heterocycles. The van der Waals surface area contributed by atoms with E-state index in [0.717, 1.165) is 16.0 Å². The predicted molar refractivity (Wildman–Crippen MR) is 110 cm³/mol. The van der Waals surface area contributed by atoms with Crippen molar-refractivity contribution < 1.29 is 18.7 Å². The summed E-state index contributed by atoms with van der Waals surface area (Å²) >= 11 is 3.58. The highest BCUT2D eigenvalue weighted by molar-refractivity contribution is 9.10. The molecule has 1 unspecified atom stereocenters. The molecule has 1 aromatic heterocycles. The molecule has 0 bridgehead atoms. The number of nitrogens with zero attached hydrogens (tertiary/aromatic N) is 3. The Bertz CT molecular complexity index is 921. The minimum Gasteiger partial charge on any atom is -0.444 e. The number of amides is 2. The Morgan fingerprint density at radius 1 is 1.28 bits per heavy atom. The van der Waals surface area contributed by atoms with E-state index in [9.17, 15) is 14.0 Å². The number of fused-ring (bicyclic) bond motifs is 1. The summed E-state index contributed by atoms with van der Waals surface area (Å²) in [5, 5.41) is 2.50. The Morgan fingerprint density at radius 3 is 2.55 bits per heavy atom. The summed E-state index contributed by atoms with van der Waals surface area (Å²) in [5.41, 5.74) is 0.865. The van der Waals surface area contributed by atoms with Gasteiger partial charge in [-0.3, -0.25) is 4.79 Å². The Labute approximate surface area is 177 Å². The monoisotopic (exact) mass is 466 g/mol. The highest BCUT2D eigenvalue weighted by atomic mass is 79.9. The lowest BCUT2D eigenvalue weighted by Gasteiger charge is -2.34. The van der Waals surface area contributed by atoms with E-state index in [1.54, 1.807) is 37.8 Å². The molecule has 0 fully saturated rings. The summed E-state index contributed by atoms with van der Waals surface area (Å²) in [6, 6.07) is 5.85. The summed E-state index contributed by atoms with van der Waals surface area (Å²) in [6.45, 7) is 8.08. The van der Waals surface area contributed by atoms with Crippen LogP contribution in [0.1, 0.15) is 39.6 Å². The zero-order valence-corrected chi connectivity index (χ0v) is 18.4. The number of imidazole rings is 1. The van der Waals surface area contributed by atoms with Crippen molar-refractivity contribution in [2.75, 3.05) is 13.1 Å². The number of halogens is 2. The van der Waals surface area contributed by atoms with Crippen LogP contribution in [0.2, 0.25) is 0 Å². The van der Waals surface area contributed by atoms with E-state index in [1.165, 1.54) is 12.1 Å². The quantitative estimate of drug-likeness (QED) is 0.744. The lowest BCUT2D eigenvalue weighted by atomic mass is 10.2. The molecule has 3 rings (SSSR count). The first-order valence-electron chi connectivity index (χ1n) is 9.35. The largest absolute Gasteiger partial charge is 0.444 e. The van der Waals surface area contributed by atoms with E-state index in [0.29, 0.717) is 18.8 Å². The fourth-order valence-electron chi connectivity index (χ4n) is 3.22. The molecule has 7 nitrogen and oxygen atoms in total. The van der Waals surface area contributed by atoms with Gasteiger partial charge in [-0.1, -0.05) is 0 Å². The molecule has 1 N–H and O–H groups in total. The van der Waals surface area contributed by atoms with Crippen LogP contribution in [-0.4, -0.2) is 45.1 Å². The van der Waals surface area contributed by atoms with Crippen molar-refractivity contribution in [2.24, 2.45) is 0 Å². The fourth-order valence-corrected chi connectivity index (χ4v) is 3.89. The highest BCUT2D eigenvalue weighted by Crippen LogP contribution is 2.35. The maximum absolute atomic E-state index is 13.2. The topological polar surface area (TPSA) is 76.5 Å². The van der Waals surface area contributed by atoms with Gasteiger partial charge in [0.05, 0.1) is 6.04 Å². The van der Waals surface area contributed by atoms with Gasteiger partial charge in [0.1, 0.15) is 34.1 Å². The van der Waals surface area contributed by atoms with Crippen LogP contribution < -0.4 is 5.32 Å². The Kier molecular flexibility index (Phi) is 5.97. The standard InChI is InChI=1S/C20H24BrFN4O3/c1-12-18-24-16(13-5-7-14(22)8-6-13)17(21)26(18)10-9-25(12)15(27)11-23-19(28)29-20(2,3)4/h5-8,12H,9-11H2,1-4H3,(H,23,28). The third-order valence-electron chi connectivity index (χ3n) is 4.56. The Hall–Kier alpha value is -2.42. The molecule has 2 aromatic rings. The molecule has 0 spiro atoms. The molecule has 0 saturated carbocycles. The average Bonchev–Trinajstić information content (AvgIpc) is 2.97. The van der Waals surface area contributed by atoms with Crippen molar-refractivity contribution in [3.8, 4) is 11.3 Å². The number of aromatic nitrogens is 2. The van der Waals surface area contributed by atoms with Crippen molar-refractivity contribution in [3.05, 3.63) is 40.5 Å². The summed E-state index contributed by atoms with van der Waals surface area (Å²) in [6.07, 6.45) is -0.627. The fraction of sp³-hybridized carbons (Fsp3) is 0.450. The maximum Gasteiger partial charge on any atom is 0.408 e. The number of nitrogens with one attached hydrogen (secondary N) is 1. The molecule has 2 amide bonds. The van der Waals surface area contributed by atoms with Crippen molar-refractivity contribution in [1.82, 2.24) is 19.8 Å². The third-order valence-corrected chi connectivity index (χ3v) is 5.37. The number of rotatable bonds is 3. The van der Waals surface area contributed by atoms with E-state index in [4.69, 9.17) is 9.72 Å². The summed E-state index contributed by atoms with van der Waals surface area (Å²) in [5.74, 6) is 0.210. The van der Waals surface area contributed by atoms with E-state index in [2.05, 4.69) is 21.2 Å². The van der Waals surface area contributed by atoms with E-state index in [1.807, 2.05) is 11.5 Å². The first-order chi connectivity index (χ1) is 13.6. The number of benzene rings is 1. The Morgan fingerprint density at radius 2 is 1.93 bits per heavy atom. The van der Waals surface area contributed by atoms with Gasteiger partial charge < -0.3 is 19.5 Å². The highest BCUT2D eigenvalue weighted by Gasteiger charge is 2.32. The smallest absolute Gasteiger partial charge is 0.408 e. The molecule has 0 aliphatic carbocycles. The summed E-state index contributed by atoms with van der Waals surface area (Å²) < 4.78 is 21.2. The second-order valence-corrected chi connectivity index (χ2v) is 8.64. The van der Waals surface area contributed by atoms with Crippen LogP contribution in [0.3, 0.4) is 0 Å². The normalized spacial score (nSPS) is 16.3. The van der Waals surface area contributed by atoms with Gasteiger partial charge in [-0.25, -0.2) is 14.2 Å². The minimum absolute atomic E-state index is 0.147. The van der Waals surface area contributed by atoms with Crippen LogP contribution in [-0.2, 0) is 16.1 Å². The summed E-state index contributed by atoms with van der Waals surface area (Å²) in [4.78, 5) is 30.8. The average molecular weight is 467 g/mol. The van der Waals surface area contributed by atoms with E-state index in [-0.39, 0.29) is 24.3 Å². The van der Waals surface area contributed by atoms with Gasteiger partial charge in [0.15, 0.2) is 0 Å². The van der Waals surface area contributed by atoms with Gasteiger partial charge in [-0.2, -0.15) is 0 Å². The summed E-state index contributed by atoms with van der Waals surface area (Å²) in [7, 11) is 0.